The largest absolute Gasteiger partial charge is 0.497 e. The molecular weight excluding hydrogens is 388 g/mol. The minimum atomic E-state index is -3.66. The van der Waals surface area contributed by atoms with Crippen molar-refractivity contribution in [3.63, 3.8) is 0 Å². The number of methoxy groups -OCH3 is 1. The van der Waals surface area contributed by atoms with Crippen LogP contribution in [0, 0.1) is 0 Å². The molecule has 6 nitrogen and oxygen atoms in total. The molecule has 0 atom stereocenters. The van der Waals surface area contributed by atoms with E-state index in [4.69, 9.17) is 4.74 Å². The first-order valence-corrected chi connectivity index (χ1v) is 10.6. The van der Waals surface area contributed by atoms with Gasteiger partial charge in [0, 0.05) is 17.8 Å². The third-order valence-electron chi connectivity index (χ3n) is 4.31. The van der Waals surface area contributed by atoms with E-state index in [0.29, 0.717) is 24.2 Å². The van der Waals surface area contributed by atoms with Gasteiger partial charge in [0.15, 0.2) is 0 Å². The summed E-state index contributed by atoms with van der Waals surface area (Å²) in [6, 6.07) is 22.1. The van der Waals surface area contributed by atoms with Gasteiger partial charge in [0.1, 0.15) is 5.75 Å². The van der Waals surface area contributed by atoms with Crippen LogP contribution in [0.2, 0.25) is 0 Å². The summed E-state index contributed by atoms with van der Waals surface area (Å²) < 4.78 is 32.3. The summed E-state index contributed by atoms with van der Waals surface area (Å²) in [6.07, 6.45) is 0.699. The van der Waals surface area contributed by atoms with Crippen LogP contribution in [0.3, 0.4) is 0 Å². The van der Waals surface area contributed by atoms with E-state index in [1.165, 1.54) is 12.1 Å². The van der Waals surface area contributed by atoms with E-state index >= 15 is 0 Å². The molecular formula is C22H22N2O4S. The van der Waals surface area contributed by atoms with Crippen LogP contribution in [0.5, 0.6) is 5.75 Å². The number of nitrogens with one attached hydrogen (secondary N) is 2. The Morgan fingerprint density at radius 1 is 0.897 bits per heavy atom. The number of anilines is 1. The second kappa shape index (κ2) is 9.25. The Balaban J connectivity index is 1.54. The van der Waals surface area contributed by atoms with Crippen molar-refractivity contribution in [1.29, 1.82) is 0 Å². The number of hydrogen-bond acceptors (Lipinski definition) is 4. The van der Waals surface area contributed by atoms with E-state index in [-0.39, 0.29) is 10.8 Å². The number of benzene rings is 3. The summed E-state index contributed by atoms with van der Waals surface area (Å²) >= 11 is 0. The molecule has 0 aliphatic rings. The smallest absolute Gasteiger partial charge is 0.261 e. The molecule has 7 heteroatoms. The first-order chi connectivity index (χ1) is 14.0. The van der Waals surface area contributed by atoms with Gasteiger partial charge >= 0.3 is 0 Å². The Labute approximate surface area is 170 Å². The molecule has 1 amide bonds. The second-order valence-corrected chi connectivity index (χ2v) is 8.03. The van der Waals surface area contributed by atoms with Crippen LogP contribution in [-0.4, -0.2) is 28.0 Å². The zero-order valence-corrected chi connectivity index (χ0v) is 16.8. The topological polar surface area (TPSA) is 84.5 Å². The van der Waals surface area contributed by atoms with E-state index < -0.39 is 10.0 Å². The number of amides is 1. The van der Waals surface area contributed by atoms with Gasteiger partial charge in [-0.15, -0.1) is 0 Å². The van der Waals surface area contributed by atoms with Gasteiger partial charge in [0.25, 0.3) is 15.9 Å². The van der Waals surface area contributed by atoms with E-state index in [0.717, 1.165) is 11.3 Å². The molecule has 150 valence electrons. The highest BCUT2D eigenvalue weighted by molar-refractivity contribution is 7.92. The van der Waals surface area contributed by atoms with Gasteiger partial charge in [-0.3, -0.25) is 9.52 Å². The van der Waals surface area contributed by atoms with Crippen LogP contribution >= 0.6 is 0 Å². The van der Waals surface area contributed by atoms with Crippen LogP contribution in [-0.2, 0) is 16.4 Å². The maximum Gasteiger partial charge on any atom is 0.261 e. The van der Waals surface area contributed by atoms with Crippen molar-refractivity contribution >= 4 is 21.6 Å². The van der Waals surface area contributed by atoms with Crippen LogP contribution in [0.15, 0.2) is 83.8 Å². The molecule has 3 rings (SSSR count). The summed E-state index contributed by atoms with van der Waals surface area (Å²) in [6.45, 7) is 0.494. The lowest BCUT2D eigenvalue weighted by Gasteiger charge is -2.09. The summed E-state index contributed by atoms with van der Waals surface area (Å²) in [5.41, 5.74) is 1.95. The lowest BCUT2D eigenvalue weighted by Crippen LogP contribution is -2.25. The maximum atomic E-state index is 12.3. The van der Waals surface area contributed by atoms with Crippen LogP contribution < -0.4 is 14.8 Å². The lowest BCUT2D eigenvalue weighted by molar-refractivity contribution is 0.0954. The number of hydrogen-bond donors (Lipinski definition) is 2. The molecule has 29 heavy (non-hydrogen) atoms. The average Bonchev–Trinajstić information content (AvgIpc) is 2.75. The highest BCUT2D eigenvalue weighted by Crippen LogP contribution is 2.16. The van der Waals surface area contributed by atoms with Crippen LogP contribution in [0.4, 0.5) is 5.69 Å². The number of rotatable bonds is 8. The Bertz CT molecular complexity index is 1050. The van der Waals surface area contributed by atoms with Crippen LogP contribution in [0.25, 0.3) is 0 Å². The molecule has 0 aromatic heterocycles. The molecule has 0 radical (unpaired) electrons. The van der Waals surface area contributed by atoms with Gasteiger partial charge in [0.2, 0.25) is 0 Å². The number of carbonyl (C=O) groups is 1. The van der Waals surface area contributed by atoms with E-state index in [1.54, 1.807) is 49.6 Å². The summed E-state index contributed by atoms with van der Waals surface area (Å²) in [7, 11) is -2.04. The molecule has 0 saturated heterocycles. The zero-order chi connectivity index (χ0) is 20.7. The fourth-order valence-corrected chi connectivity index (χ4v) is 3.80. The predicted octanol–water partition coefficient (Wildman–Crippen LogP) is 3.47. The number of sulfonamides is 1. The molecule has 2 N–H and O–H groups in total. The first kappa shape index (κ1) is 20.4. The van der Waals surface area contributed by atoms with Crippen molar-refractivity contribution in [3.8, 4) is 5.75 Å². The van der Waals surface area contributed by atoms with Crippen molar-refractivity contribution in [2.45, 2.75) is 11.3 Å². The van der Waals surface area contributed by atoms with Crippen molar-refractivity contribution in [1.82, 2.24) is 5.32 Å². The quantitative estimate of drug-likeness (QED) is 0.596. The molecule has 0 unspecified atom stereocenters. The monoisotopic (exact) mass is 410 g/mol. The zero-order valence-electron chi connectivity index (χ0n) is 16.0. The standard InChI is InChI=1S/C22H22N2O4S/c1-28-20-13-7-17(8-14-20)15-16-23-22(25)18-9-11-19(12-10-18)24-29(26,27)21-5-3-2-4-6-21/h2-14,24H,15-16H2,1H3,(H,23,25). The van der Waals surface area contributed by atoms with E-state index in [9.17, 15) is 13.2 Å². The van der Waals surface area contributed by atoms with E-state index in [1.807, 2.05) is 24.3 Å². The first-order valence-electron chi connectivity index (χ1n) is 9.07. The Kier molecular flexibility index (Phi) is 6.51. The molecule has 3 aromatic carbocycles. The molecule has 0 aliphatic heterocycles. The SMILES string of the molecule is COc1ccc(CCNC(=O)c2ccc(NS(=O)(=O)c3ccccc3)cc2)cc1. The Hall–Kier alpha value is -3.32. The maximum absolute atomic E-state index is 12.3. The predicted molar refractivity (Wildman–Crippen MR) is 113 cm³/mol. The summed E-state index contributed by atoms with van der Waals surface area (Å²) in [5.74, 6) is 0.580. The molecule has 0 heterocycles. The molecule has 0 spiro atoms. The van der Waals surface area contributed by atoms with Gasteiger partial charge in [-0.1, -0.05) is 30.3 Å². The lowest BCUT2D eigenvalue weighted by atomic mass is 10.1. The molecule has 0 aliphatic carbocycles. The van der Waals surface area contributed by atoms with E-state index in [2.05, 4.69) is 10.0 Å². The fraction of sp³-hybridized carbons (Fsp3) is 0.136. The summed E-state index contributed by atoms with van der Waals surface area (Å²) in [5, 5.41) is 2.86. The van der Waals surface area contributed by atoms with Gasteiger partial charge in [-0.2, -0.15) is 0 Å². The van der Waals surface area contributed by atoms with Gasteiger partial charge in [-0.25, -0.2) is 8.42 Å². The number of carbonyl (C=O) groups excluding carboxylic acids is 1. The molecule has 0 fully saturated rings. The Morgan fingerprint density at radius 3 is 2.17 bits per heavy atom. The normalized spacial score (nSPS) is 10.9. The van der Waals surface area contributed by atoms with Crippen molar-refractivity contribution < 1.29 is 17.9 Å². The average molecular weight is 410 g/mol. The summed E-state index contributed by atoms with van der Waals surface area (Å²) in [4.78, 5) is 12.5. The molecule has 3 aromatic rings. The van der Waals surface area contributed by atoms with Crippen molar-refractivity contribution in [2.75, 3.05) is 18.4 Å². The van der Waals surface area contributed by atoms with Crippen LogP contribution in [0.1, 0.15) is 15.9 Å². The van der Waals surface area contributed by atoms with Gasteiger partial charge in [-0.05, 0) is 60.5 Å². The van der Waals surface area contributed by atoms with Crippen molar-refractivity contribution in [2.24, 2.45) is 0 Å². The molecule has 0 saturated carbocycles. The minimum absolute atomic E-state index is 0.181. The number of ether oxygens (including phenoxy) is 1. The fourth-order valence-electron chi connectivity index (χ4n) is 2.72. The highest BCUT2D eigenvalue weighted by Gasteiger charge is 2.13. The van der Waals surface area contributed by atoms with Crippen molar-refractivity contribution in [3.05, 3.63) is 90.0 Å². The third-order valence-corrected chi connectivity index (χ3v) is 5.71. The molecule has 0 bridgehead atoms. The van der Waals surface area contributed by atoms with Gasteiger partial charge in [0.05, 0.1) is 12.0 Å². The Morgan fingerprint density at radius 2 is 1.55 bits per heavy atom. The minimum Gasteiger partial charge on any atom is -0.497 e. The van der Waals surface area contributed by atoms with Gasteiger partial charge < -0.3 is 10.1 Å². The third kappa shape index (κ3) is 5.58. The highest BCUT2D eigenvalue weighted by atomic mass is 32.2. The second-order valence-electron chi connectivity index (χ2n) is 6.35.